The molecule has 6 nitrogen and oxygen atoms in total. The molecule has 2 aromatic carbocycles. The zero-order valence-corrected chi connectivity index (χ0v) is 13.2. The van der Waals surface area contributed by atoms with E-state index in [2.05, 4.69) is 15.1 Å². The van der Waals surface area contributed by atoms with Gasteiger partial charge in [0.15, 0.2) is 0 Å². The molecule has 124 valence electrons. The zero-order chi connectivity index (χ0) is 17.6. The highest BCUT2D eigenvalue weighted by atomic mass is 19.1. The SMILES string of the molecule is Cc1ccc2[nH]c3c(=O)n(N=Cc4ccccc4F)c(=O)[nH]c3c2c1. The summed E-state index contributed by atoms with van der Waals surface area (Å²) in [5, 5.41) is 4.61. The maximum Gasteiger partial charge on any atom is 0.350 e. The Morgan fingerprint density at radius 2 is 1.88 bits per heavy atom. The van der Waals surface area contributed by atoms with Crippen molar-refractivity contribution >= 4 is 28.2 Å². The minimum atomic E-state index is -0.688. The van der Waals surface area contributed by atoms with Gasteiger partial charge in [0.2, 0.25) is 0 Å². The van der Waals surface area contributed by atoms with E-state index in [1.165, 1.54) is 12.1 Å². The normalized spacial score (nSPS) is 11.8. The van der Waals surface area contributed by atoms with E-state index in [0.29, 0.717) is 10.2 Å². The van der Waals surface area contributed by atoms with Gasteiger partial charge in [-0.05, 0) is 25.1 Å². The fourth-order valence-electron chi connectivity index (χ4n) is 2.76. The number of H-pyrrole nitrogens is 2. The van der Waals surface area contributed by atoms with E-state index < -0.39 is 17.1 Å². The molecule has 0 radical (unpaired) electrons. The number of nitrogens with zero attached hydrogens (tertiary/aromatic N) is 2. The van der Waals surface area contributed by atoms with Gasteiger partial charge in [0.1, 0.15) is 11.3 Å². The lowest BCUT2D eigenvalue weighted by atomic mass is 10.2. The summed E-state index contributed by atoms with van der Waals surface area (Å²) >= 11 is 0. The lowest BCUT2D eigenvalue weighted by Gasteiger charge is -1.99. The van der Waals surface area contributed by atoms with Crippen molar-refractivity contribution in [2.45, 2.75) is 6.92 Å². The number of fused-ring (bicyclic) bond motifs is 3. The van der Waals surface area contributed by atoms with Crippen LogP contribution in [-0.2, 0) is 0 Å². The third-order valence-corrected chi connectivity index (χ3v) is 4.00. The van der Waals surface area contributed by atoms with Gasteiger partial charge in [-0.2, -0.15) is 5.10 Å². The molecule has 25 heavy (non-hydrogen) atoms. The van der Waals surface area contributed by atoms with Crippen molar-refractivity contribution in [3.05, 3.63) is 80.2 Å². The smallest absolute Gasteiger partial charge is 0.349 e. The van der Waals surface area contributed by atoms with Crippen LogP contribution in [0.25, 0.3) is 21.9 Å². The van der Waals surface area contributed by atoms with Crippen molar-refractivity contribution in [1.82, 2.24) is 14.6 Å². The molecule has 0 saturated heterocycles. The summed E-state index contributed by atoms with van der Waals surface area (Å²) in [4.78, 5) is 30.6. The summed E-state index contributed by atoms with van der Waals surface area (Å²) < 4.78 is 14.3. The Morgan fingerprint density at radius 1 is 1.08 bits per heavy atom. The molecule has 7 heteroatoms. The molecule has 0 aliphatic rings. The number of nitrogens with one attached hydrogen (secondary N) is 2. The molecule has 4 rings (SSSR count). The average molecular weight is 336 g/mol. The van der Waals surface area contributed by atoms with Gasteiger partial charge >= 0.3 is 11.2 Å². The molecule has 0 fully saturated rings. The molecule has 2 N–H and O–H groups in total. The van der Waals surface area contributed by atoms with E-state index >= 15 is 0 Å². The van der Waals surface area contributed by atoms with E-state index in [4.69, 9.17) is 0 Å². The van der Waals surface area contributed by atoms with E-state index in [0.717, 1.165) is 22.7 Å². The zero-order valence-electron chi connectivity index (χ0n) is 13.2. The van der Waals surface area contributed by atoms with Crippen molar-refractivity contribution in [3.63, 3.8) is 0 Å². The Labute approximate surface area is 140 Å². The van der Waals surface area contributed by atoms with Crippen LogP contribution in [0.4, 0.5) is 4.39 Å². The van der Waals surface area contributed by atoms with Crippen molar-refractivity contribution in [2.24, 2.45) is 5.10 Å². The van der Waals surface area contributed by atoms with Gasteiger partial charge in [0.05, 0.1) is 11.7 Å². The maximum atomic E-state index is 13.7. The van der Waals surface area contributed by atoms with E-state index in [9.17, 15) is 14.0 Å². The largest absolute Gasteiger partial charge is 0.350 e. The summed E-state index contributed by atoms with van der Waals surface area (Å²) in [5.74, 6) is -0.488. The second kappa shape index (κ2) is 5.55. The van der Waals surface area contributed by atoms with Crippen LogP contribution in [0.5, 0.6) is 0 Å². The molecule has 2 heterocycles. The number of rotatable bonds is 2. The Bertz CT molecular complexity index is 1260. The molecule has 0 amide bonds. The van der Waals surface area contributed by atoms with E-state index in [-0.39, 0.29) is 11.1 Å². The number of hydrogen-bond donors (Lipinski definition) is 2. The quantitative estimate of drug-likeness (QED) is 0.551. The first-order valence-corrected chi connectivity index (χ1v) is 7.61. The topological polar surface area (TPSA) is 83.0 Å². The molecule has 0 aliphatic carbocycles. The molecule has 0 unspecified atom stereocenters. The summed E-state index contributed by atoms with van der Waals surface area (Å²) in [6.07, 6.45) is 1.14. The number of aromatic nitrogens is 3. The van der Waals surface area contributed by atoms with Crippen LogP contribution in [0.2, 0.25) is 0 Å². The number of aryl methyl sites for hydroxylation is 1. The van der Waals surface area contributed by atoms with Crippen LogP contribution < -0.4 is 11.2 Å². The van der Waals surface area contributed by atoms with Gasteiger partial charge in [-0.1, -0.05) is 29.8 Å². The number of benzene rings is 2. The molecule has 0 spiro atoms. The number of halogens is 1. The lowest BCUT2D eigenvalue weighted by Crippen LogP contribution is -2.32. The highest BCUT2D eigenvalue weighted by Gasteiger charge is 2.12. The Kier molecular flexibility index (Phi) is 3.35. The first-order valence-electron chi connectivity index (χ1n) is 7.61. The molecule has 0 aliphatic heterocycles. The minimum absolute atomic E-state index is 0.182. The predicted molar refractivity (Wildman–Crippen MR) is 94.8 cm³/mol. The van der Waals surface area contributed by atoms with E-state index in [1.54, 1.807) is 12.1 Å². The van der Waals surface area contributed by atoms with Gasteiger partial charge in [0.25, 0.3) is 0 Å². The van der Waals surface area contributed by atoms with Crippen LogP contribution in [0.15, 0.2) is 57.2 Å². The third-order valence-electron chi connectivity index (χ3n) is 4.00. The number of aromatic amines is 2. The molecule has 0 saturated carbocycles. The van der Waals surface area contributed by atoms with Gasteiger partial charge in [-0.3, -0.25) is 4.79 Å². The van der Waals surface area contributed by atoms with Crippen LogP contribution in [0, 0.1) is 12.7 Å². The van der Waals surface area contributed by atoms with Crippen LogP contribution >= 0.6 is 0 Å². The van der Waals surface area contributed by atoms with Gasteiger partial charge in [-0.25, -0.2) is 9.18 Å². The van der Waals surface area contributed by atoms with Crippen molar-refractivity contribution in [1.29, 1.82) is 0 Å². The van der Waals surface area contributed by atoms with E-state index in [1.807, 2.05) is 25.1 Å². The van der Waals surface area contributed by atoms with Crippen molar-refractivity contribution in [3.8, 4) is 0 Å². The summed E-state index contributed by atoms with van der Waals surface area (Å²) in [7, 11) is 0. The molecule has 4 aromatic rings. The average Bonchev–Trinajstić information content (AvgIpc) is 2.94. The fourth-order valence-corrected chi connectivity index (χ4v) is 2.76. The standard InChI is InChI=1S/C18H13FN4O2/c1-10-6-7-14-12(8-10)15-16(21-14)17(24)23(18(25)22-15)20-9-11-4-2-3-5-13(11)19/h2-9,21H,1H3,(H,22,25). The molecule has 0 bridgehead atoms. The Morgan fingerprint density at radius 3 is 2.68 bits per heavy atom. The van der Waals surface area contributed by atoms with Gasteiger partial charge in [-0.15, -0.1) is 4.68 Å². The maximum absolute atomic E-state index is 13.7. The summed E-state index contributed by atoms with van der Waals surface area (Å²) in [6, 6.07) is 11.6. The van der Waals surface area contributed by atoms with Crippen LogP contribution in [0.1, 0.15) is 11.1 Å². The highest BCUT2D eigenvalue weighted by molar-refractivity contribution is 6.04. The highest BCUT2D eigenvalue weighted by Crippen LogP contribution is 2.21. The molecular weight excluding hydrogens is 323 g/mol. The van der Waals surface area contributed by atoms with Crippen LogP contribution in [0.3, 0.4) is 0 Å². The molecule has 0 atom stereocenters. The molecule has 2 aromatic heterocycles. The van der Waals surface area contributed by atoms with Crippen molar-refractivity contribution < 1.29 is 4.39 Å². The van der Waals surface area contributed by atoms with Gasteiger partial charge in [0, 0.05) is 16.5 Å². The third kappa shape index (κ3) is 2.46. The van der Waals surface area contributed by atoms with Gasteiger partial charge < -0.3 is 9.97 Å². The fraction of sp³-hybridized carbons (Fsp3) is 0.0556. The van der Waals surface area contributed by atoms with Crippen molar-refractivity contribution in [2.75, 3.05) is 0 Å². The second-order valence-electron chi connectivity index (χ2n) is 5.74. The van der Waals surface area contributed by atoms with Crippen LogP contribution in [-0.4, -0.2) is 20.9 Å². The first-order chi connectivity index (χ1) is 12.0. The summed E-state index contributed by atoms with van der Waals surface area (Å²) in [6.45, 7) is 1.93. The second-order valence-corrected chi connectivity index (χ2v) is 5.74. The monoisotopic (exact) mass is 336 g/mol. The predicted octanol–water partition coefficient (Wildman–Crippen LogP) is 2.50. The molecular formula is C18H13FN4O2. The number of hydrogen-bond acceptors (Lipinski definition) is 3. The lowest BCUT2D eigenvalue weighted by molar-refractivity contribution is 0.625. The minimum Gasteiger partial charge on any atom is -0.349 e. The first kappa shape index (κ1) is 15.1. The Hall–Kier alpha value is -3.48. The summed E-state index contributed by atoms with van der Waals surface area (Å²) in [5.41, 5.74) is 1.32. The Balaban J connectivity index is 1.94.